The van der Waals surface area contributed by atoms with E-state index in [0.717, 1.165) is 19.4 Å². The molecule has 2 heteroatoms. The Labute approximate surface area is 103 Å². The number of hydrogen-bond acceptors (Lipinski definition) is 1. The van der Waals surface area contributed by atoms with Gasteiger partial charge in [0.1, 0.15) is 5.82 Å². The minimum Gasteiger partial charge on any atom is -0.331 e. The van der Waals surface area contributed by atoms with Crippen LogP contribution in [-0.4, -0.2) is 9.55 Å². The van der Waals surface area contributed by atoms with Crippen molar-refractivity contribution in [2.75, 3.05) is 0 Å². The summed E-state index contributed by atoms with van der Waals surface area (Å²) in [5, 5.41) is 0. The first-order chi connectivity index (χ1) is 8.20. The average molecular weight is 228 g/mol. The number of rotatable bonds is 4. The molecule has 0 saturated carbocycles. The lowest BCUT2D eigenvalue weighted by Gasteiger charge is -2.10. The number of aryl methyl sites for hydroxylation is 3. The molecule has 0 saturated heterocycles. The van der Waals surface area contributed by atoms with Crippen molar-refractivity contribution in [1.29, 1.82) is 0 Å². The van der Waals surface area contributed by atoms with Crippen LogP contribution in [0.2, 0.25) is 0 Å². The summed E-state index contributed by atoms with van der Waals surface area (Å²) in [4.78, 5) is 4.42. The Hall–Kier alpha value is -1.57. The Morgan fingerprint density at radius 1 is 1.24 bits per heavy atom. The van der Waals surface area contributed by atoms with E-state index < -0.39 is 0 Å². The second-order valence-electron chi connectivity index (χ2n) is 4.65. The molecular weight excluding hydrogens is 208 g/mol. The van der Waals surface area contributed by atoms with Gasteiger partial charge in [-0.05, 0) is 31.4 Å². The Balaban J connectivity index is 2.25. The Kier molecular flexibility index (Phi) is 3.62. The van der Waals surface area contributed by atoms with Gasteiger partial charge in [0.2, 0.25) is 0 Å². The van der Waals surface area contributed by atoms with Crippen LogP contribution in [0.3, 0.4) is 0 Å². The summed E-state index contributed by atoms with van der Waals surface area (Å²) < 4.78 is 2.26. The summed E-state index contributed by atoms with van der Waals surface area (Å²) in [6, 6.07) is 6.63. The zero-order valence-corrected chi connectivity index (χ0v) is 10.9. The average Bonchev–Trinajstić information content (AvgIpc) is 2.72. The molecule has 1 aromatic heterocycles. The highest BCUT2D eigenvalue weighted by molar-refractivity contribution is 5.30. The fraction of sp³-hybridized carbons (Fsp3) is 0.400. The lowest BCUT2D eigenvalue weighted by molar-refractivity contribution is 0.702. The van der Waals surface area contributed by atoms with Crippen LogP contribution >= 0.6 is 0 Å². The SMILES string of the molecule is CCCc1nccn1Cc1cc(C)ccc1C. The molecule has 0 atom stereocenters. The molecule has 0 amide bonds. The molecule has 0 aliphatic carbocycles. The Bertz CT molecular complexity index is 497. The summed E-state index contributed by atoms with van der Waals surface area (Å²) in [6.07, 6.45) is 6.17. The molecule has 17 heavy (non-hydrogen) atoms. The summed E-state index contributed by atoms with van der Waals surface area (Å²) in [6.45, 7) is 7.44. The second-order valence-corrected chi connectivity index (χ2v) is 4.65. The minimum absolute atomic E-state index is 0.933. The Morgan fingerprint density at radius 2 is 2.06 bits per heavy atom. The standard InChI is InChI=1S/C15H20N2/c1-4-5-15-16-8-9-17(15)11-14-10-12(2)6-7-13(14)3/h6-10H,4-5,11H2,1-3H3. The van der Waals surface area contributed by atoms with E-state index in [1.807, 2.05) is 6.20 Å². The van der Waals surface area contributed by atoms with Crippen molar-refractivity contribution in [2.24, 2.45) is 0 Å². The van der Waals surface area contributed by atoms with Gasteiger partial charge in [-0.25, -0.2) is 4.98 Å². The van der Waals surface area contributed by atoms with Gasteiger partial charge in [-0.2, -0.15) is 0 Å². The zero-order valence-electron chi connectivity index (χ0n) is 10.9. The third-order valence-electron chi connectivity index (χ3n) is 3.12. The maximum Gasteiger partial charge on any atom is 0.108 e. The van der Waals surface area contributed by atoms with E-state index in [9.17, 15) is 0 Å². The van der Waals surface area contributed by atoms with Crippen LogP contribution in [0.1, 0.15) is 35.9 Å². The molecule has 0 aliphatic heterocycles. The van der Waals surface area contributed by atoms with Gasteiger partial charge in [0, 0.05) is 25.4 Å². The summed E-state index contributed by atoms with van der Waals surface area (Å²) in [5.41, 5.74) is 4.06. The first-order valence-electron chi connectivity index (χ1n) is 6.27. The number of aromatic nitrogens is 2. The first kappa shape index (κ1) is 11.9. The molecule has 0 spiro atoms. The zero-order chi connectivity index (χ0) is 12.3. The third kappa shape index (κ3) is 2.76. The van der Waals surface area contributed by atoms with Crippen molar-refractivity contribution in [3.63, 3.8) is 0 Å². The van der Waals surface area contributed by atoms with Crippen LogP contribution < -0.4 is 0 Å². The van der Waals surface area contributed by atoms with E-state index in [0.29, 0.717) is 0 Å². The number of imidazole rings is 1. The van der Waals surface area contributed by atoms with Crippen LogP contribution in [-0.2, 0) is 13.0 Å². The van der Waals surface area contributed by atoms with Gasteiger partial charge in [0.15, 0.2) is 0 Å². The van der Waals surface area contributed by atoms with Crippen molar-refractivity contribution >= 4 is 0 Å². The third-order valence-corrected chi connectivity index (χ3v) is 3.12. The molecule has 0 radical (unpaired) electrons. The lowest BCUT2D eigenvalue weighted by atomic mass is 10.1. The maximum absolute atomic E-state index is 4.42. The molecule has 1 heterocycles. The maximum atomic E-state index is 4.42. The summed E-state index contributed by atoms with van der Waals surface area (Å²) in [7, 11) is 0. The van der Waals surface area contributed by atoms with Gasteiger partial charge >= 0.3 is 0 Å². The van der Waals surface area contributed by atoms with E-state index in [4.69, 9.17) is 0 Å². The second kappa shape index (κ2) is 5.17. The van der Waals surface area contributed by atoms with Crippen LogP contribution in [0.4, 0.5) is 0 Å². The molecule has 1 aromatic carbocycles. The highest BCUT2D eigenvalue weighted by Gasteiger charge is 2.04. The van der Waals surface area contributed by atoms with E-state index in [1.54, 1.807) is 0 Å². The van der Waals surface area contributed by atoms with Crippen LogP contribution in [0.5, 0.6) is 0 Å². The molecular formula is C15H20N2. The van der Waals surface area contributed by atoms with Gasteiger partial charge in [-0.15, -0.1) is 0 Å². The van der Waals surface area contributed by atoms with E-state index in [1.165, 1.54) is 22.5 Å². The van der Waals surface area contributed by atoms with Crippen LogP contribution in [0.25, 0.3) is 0 Å². The normalized spacial score (nSPS) is 10.8. The van der Waals surface area contributed by atoms with E-state index in [2.05, 4.69) is 54.7 Å². The molecule has 0 bridgehead atoms. The van der Waals surface area contributed by atoms with Crippen molar-refractivity contribution in [3.8, 4) is 0 Å². The van der Waals surface area contributed by atoms with E-state index in [-0.39, 0.29) is 0 Å². The minimum atomic E-state index is 0.933. The van der Waals surface area contributed by atoms with E-state index >= 15 is 0 Å². The molecule has 2 rings (SSSR count). The molecule has 0 aliphatic rings. The van der Waals surface area contributed by atoms with Crippen LogP contribution in [0.15, 0.2) is 30.6 Å². The number of nitrogens with zero attached hydrogens (tertiary/aromatic N) is 2. The summed E-state index contributed by atoms with van der Waals surface area (Å²) in [5.74, 6) is 1.19. The van der Waals surface area contributed by atoms with Crippen molar-refractivity contribution < 1.29 is 0 Å². The summed E-state index contributed by atoms with van der Waals surface area (Å²) >= 11 is 0. The fourth-order valence-corrected chi connectivity index (χ4v) is 2.09. The van der Waals surface area contributed by atoms with Gasteiger partial charge in [-0.1, -0.05) is 30.7 Å². The van der Waals surface area contributed by atoms with Crippen molar-refractivity contribution in [3.05, 3.63) is 53.1 Å². The van der Waals surface area contributed by atoms with Crippen LogP contribution in [0, 0.1) is 13.8 Å². The lowest BCUT2D eigenvalue weighted by Crippen LogP contribution is -2.05. The van der Waals surface area contributed by atoms with Gasteiger partial charge in [0.05, 0.1) is 0 Å². The Morgan fingerprint density at radius 3 is 2.82 bits per heavy atom. The first-order valence-corrected chi connectivity index (χ1v) is 6.27. The molecule has 0 N–H and O–H groups in total. The monoisotopic (exact) mass is 228 g/mol. The van der Waals surface area contributed by atoms with Gasteiger partial charge in [-0.3, -0.25) is 0 Å². The van der Waals surface area contributed by atoms with Gasteiger partial charge < -0.3 is 4.57 Å². The highest BCUT2D eigenvalue weighted by Crippen LogP contribution is 2.13. The fourth-order valence-electron chi connectivity index (χ4n) is 2.09. The predicted octanol–water partition coefficient (Wildman–Crippen LogP) is 3.50. The number of hydrogen-bond donors (Lipinski definition) is 0. The molecule has 2 nitrogen and oxygen atoms in total. The topological polar surface area (TPSA) is 17.8 Å². The molecule has 90 valence electrons. The van der Waals surface area contributed by atoms with Crippen molar-refractivity contribution in [1.82, 2.24) is 9.55 Å². The largest absolute Gasteiger partial charge is 0.331 e. The van der Waals surface area contributed by atoms with Crippen molar-refractivity contribution in [2.45, 2.75) is 40.2 Å². The smallest absolute Gasteiger partial charge is 0.108 e. The molecule has 0 fully saturated rings. The molecule has 0 unspecified atom stereocenters. The predicted molar refractivity (Wildman–Crippen MR) is 71.2 cm³/mol. The van der Waals surface area contributed by atoms with Gasteiger partial charge in [0.25, 0.3) is 0 Å². The number of benzene rings is 1. The molecule has 2 aromatic rings. The quantitative estimate of drug-likeness (QED) is 0.783. The highest BCUT2D eigenvalue weighted by atomic mass is 15.1.